The molecule has 0 aliphatic carbocycles. The standard InChI is InChI=1S/C18H21F3N4O/c1-11-8-12(18(19,20)21)9-15(26)17(11)14-5-6-16(24-23-14)22-13-4-3-7-25(2)10-13/h5-6,8-9,13,26H,3-4,7,10H2,1-2H3,(H,22,24)/t13-/m0/s1. The highest BCUT2D eigenvalue weighted by Crippen LogP contribution is 2.38. The molecule has 1 atom stereocenters. The van der Waals surface area contributed by atoms with Gasteiger partial charge in [0.05, 0.1) is 11.3 Å². The normalized spacial score (nSPS) is 18.7. The van der Waals surface area contributed by atoms with Crippen LogP contribution in [0.3, 0.4) is 0 Å². The molecule has 140 valence electrons. The number of phenolic OH excluding ortho intramolecular Hbond substituents is 1. The fourth-order valence-corrected chi connectivity index (χ4v) is 3.30. The first kappa shape index (κ1) is 18.4. The zero-order chi connectivity index (χ0) is 18.9. The molecule has 1 saturated heterocycles. The van der Waals surface area contributed by atoms with Crippen LogP contribution in [0.4, 0.5) is 19.0 Å². The van der Waals surface area contributed by atoms with Crippen LogP contribution in [0.25, 0.3) is 11.3 Å². The third kappa shape index (κ3) is 4.07. The Morgan fingerprint density at radius 2 is 2.00 bits per heavy atom. The number of alkyl halides is 3. The van der Waals surface area contributed by atoms with E-state index in [1.165, 1.54) is 6.92 Å². The van der Waals surface area contributed by atoms with Crippen molar-refractivity contribution < 1.29 is 18.3 Å². The van der Waals surface area contributed by atoms with Gasteiger partial charge in [0.2, 0.25) is 0 Å². The number of nitrogens with zero attached hydrogens (tertiary/aromatic N) is 3. The van der Waals surface area contributed by atoms with Crippen LogP contribution >= 0.6 is 0 Å². The summed E-state index contributed by atoms with van der Waals surface area (Å²) in [6, 6.07) is 5.38. The van der Waals surface area contributed by atoms with Crippen molar-refractivity contribution in [3.8, 4) is 17.0 Å². The number of hydrogen-bond donors (Lipinski definition) is 2. The van der Waals surface area contributed by atoms with Gasteiger partial charge < -0.3 is 15.3 Å². The molecule has 0 unspecified atom stereocenters. The second-order valence-electron chi connectivity index (χ2n) is 6.73. The summed E-state index contributed by atoms with van der Waals surface area (Å²) in [4.78, 5) is 2.24. The first-order valence-corrected chi connectivity index (χ1v) is 8.44. The highest BCUT2D eigenvalue weighted by Gasteiger charge is 2.32. The zero-order valence-corrected chi connectivity index (χ0v) is 14.6. The summed E-state index contributed by atoms with van der Waals surface area (Å²) in [5, 5.41) is 21.6. The Bertz CT molecular complexity index is 754. The maximum Gasteiger partial charge on any atom is 0.416 e. The molecule has 2 heterocycles. The molecule has 2 aromatic rings. The Morgan fingerprint density at radius 1 is 1.23 bits per heavy atom. The van der Waals surface area contributed by atoms with E-state index in [1.54, 1.807) is 12.1 Å². The number of anilines is 1. The Morgan fingerprint density at radius 3 is 2.58 bits per heavy atom. The second-order valence-corrected chi connectivity index (χ2v) is 6.73. The maximum absolute atomic E-state index is 12.8. The minimum absolute atomic E-state index is 0.259. The van der Waals surface area contributed by atoms with Gasteiger partial charge in [-0.3, -0.25) is 0 Å². The van der Waals surface area contributed by atoms with Gasteiger partial charge in [0.15, 0.2) is 0 Å². The lowest BCUT2D eigenvalue weighted by molar-refractivity contribution is -0.137. The lowest BCUT2D eigenvalue weighted by atomic mass is 10.0. The third-order valence-electron chi connectivity index (χ3n) is 4.54. The van der Waals surface area contributed by atoms with Crippen molar-refractivity contribution in [2.45, 2.75) is 32.0 Å². The molecule has 0 bridgehead atoms. The predicted molar refractivity (Wildman–Crippen MR) is 93.0 cm³/mol. The molecule has 3 rings (SSSR count). The van der Waals surface area contributed by atoms with E-state index in [0.29, 0.717) is 23.1 Å². The molecule has 0 amide bonds. The topological polar surface area (TPSA) is 61.3 Å². The van der Waals surface area contributed by atoms with Crippen LogP contribution in [-0.2, 0) is 6.18 Å². The van der Waals surface area contributed by atoms with Crippen molar-refractivity contribution in [2.24, 2.45) is 0 Å². The molecule has 1 aliphatic heterocycles. The van der Waals surface area contributed by atoms with Gasteiger partial charge in [-0.2, -0.15) is 13.2 Å². The minimum atomic E-state index is -4.51. The molecule has 1 fully saturated rings. The predicted octanol–water partition coefficient (Wildman–Crippen LogP) is 3.68. The Labute approximate surface area is 149 Å². The Kier molecular flexibility index (Phi) is 5.04. The van der Waals surface area contributed by atoms with Crippen LogP contribution in [0.1, 0.15) is 24.0 Å². The molecule has 1 aromatic heterocycles. The van der Waals surface area contributed by atoms with E-state index in [0.717, 1.165) is 32.0 Å². The summed E-state index contributed by atoms with van der Waals surface area (Å²) < 4.78 is 38.5. The first-order valence-electron chi connectivity index (χ1n) is 8.44. The van der Waals surface area contributed by atoms with Gasteiger partial charge >= 0.3 is 6.18 Å². The molecule has 1 aliphatic rings. The highest BCUT2D eigenvalue weighted by molar-refractivity contribution is 5.71. The fourth-order valence-electron chi connectivity index (χ4n) is 3.30. The number of phenols is 1. The average molecular weight is 366 g/mol. The molecule has 5 nitrogen and oxygen atoms in total. The van der Waals surface area contributed by atoms with Crippen LogP contribution in [0.2, 0.25) is 0 Å². The molecule has 0 spiro atoms. The molecule has 0 saturated carbocycles. The van der Waals surface area contributed by atoms with Gasteiger partial charge in [-0.25, -0.2) is 0 Å². The number of hydrogen-bond acceptors (Lipinski definition) is 5. The fraction of sp³-hybridized carbons (Fsp3) is 0.444. The van der Waals surface area contributed by atoms with Crippen LogP contribution in [0.15, 0.2) is 24.3 Å². The number of likely N-dealkylation sites (tertiary alicyclic amines) is 1. The van der Waals surface area contributed by atoms with Gasteiger partial charge in [-0.15, -0.1) is 10.2 Å². The summed E-state index contributed by atoms with van der Waals surface area (Å²) in [5.41, 5.74) is -0.000333. The van der Waals surface area contributed by atoms with Crippen molar-refractivity contribution in [3.05, 3.63) is 35.4 Å². The number of piperidine rings is 1. The third-order valence-corrected chi connectivity index (χ3v) is 4.54. The number of nitrogens with one attached hydrogen (secondary N) is 1. The largest absolute Gasteiger partial charge is 0.507 e. The minimum Gasteiger partial charge on any atom is -0.507 e. The van der Waals surface area contributed by atoms with Crippen molar-refractivity contribution in [1.82, 2.24) is 15.1 Å². The summed E-state index contributed by atoms with van der Waals surface area (Å²) in [6.07, 6.45) is -2.35. The van der Waals surface area contributed by atoms with E-state index in [4.69, 9.17) is 0 Å². The molecular weight excluding hydrogens is 345 g/mol. The number of benzene rings is 1. The molecule has 8 heteroatoms. The SMILES string of the molecule is Cc1cc(C(F)(F)F)cc(O)c1-c1ccc(N[C@H]2CCCN(C)C2)nn1. The molecule has 26 heavy (non-hydrogen) atoms. The van der Waals surface area contributed by atoms with E-state index in [2.05, 4.69) is 27.5 Å². The van der Waals surface area contributed by atoms with Gasteiger partial charge in [0, 0.05) is 18.2 Å². The molecule has 2 N–H and O–H groups in total. The smallest absolute Gasteiger partial charge is 0.416 e. The Balaban J connectivity index is 1.80. The molecule has 1 aromatic carbocycles. The first-order chi connectivity index (χ1) is 12.2. The van der Waals surface area contributed by atoms with Crippen LogP contribution in [0, 0.1) is 6.92 Å². The number of aryl methyl sites for hydroxylation is 1. The number of aromatic hydroxyl groups is 1. The van der Waals surface area contributed by atoms with E-state index < -0.39 is 17.5 Å². The van der Waals surface area contributed by atoms with Crippen LogP contribution in [-0.4, -0.2) is 46.4 Å². The Hall–Kier alpha value is -2.35. The number of rotatable bonds is 3. The summed E-state index contributed by atoms with van der Waals surface area (Å²) >= 11 is 0. The van der Waals surface area contributed by atoms with E-state index in [9.17, 15) is 18.3 Å². The monoisotopic (exact) mass is 366 g/mol. The lowest BCUT2D eigenvalue weighted by Crippen LogP contribution is -2.39. The summed E-state index contributed by atoms with van der Waals surface area (Å²) in [6.45, 7) is 3.51. The molecule has 0 radical (unpaired) electrons. The summed E-state index contributed by atoms with van der Waals surface area (Å²) in [7, 11) is 2.07. The number of halogens is 3. The van der Waals surface area contributed by atoms with E-state index in [1.807, 2.05) is 0 Å². The van der Waals surface area contributed by atoms with Crippen molar-refractivity contribution >= 4 is 5.82 Å². The van der Waals surface area contributed by atoms with Gasteiger partial charge in [0.25, 0.3) is 0 Å². The average Bonchev–Trinajstić information content (AvgIpc) is 2.55. The van der Waals surface area contributed by atoms with Gasteiger partial charge in [-0.1, -0.05) is 0 Å². The van der Waals surface area contributed by atoms with E-state index in [-0.39, 0.29) is 11.6 Å². The number of likely N-dealkylation sites (N-methyl/N-ethyl adjacent to an activating group) is 1. The van der Waals surface area contributed by atoms with Gasteiger partial charge in [0.1, 0.15) is 11.6 Å². The quantitative estimate of drug-likeness (QED) is 0.868. The van der Waals surface area contributed by atoms with Crippen molar-refractivity contribution in [1.29, 1.82) is 0 Å². The maximum atomic E-state index is 12.8. The van der Waals surface area contributed by atoms with Crippen LogP contribution in [0.5, 0.6) is 5.75 Å². The summed E-state index contributed by atoms with van der Waals surface area (Å²) in [5.74, 6) is 0.152. The van der Waals surface area contributed by atoms with Crippen LogP contribution < -0.4 is 5.32 Å². The van der Waals surface area contributed by atoms with E-state index >= 15 is 0 Å². The van der Waals surface area contributed by atoms with Gasteiger partial charge in [-0.05, 0) is 63.2 Å². The highest BCUT2D eigenvalue weighted by atomic mass is 19.4. The van der Waals surface area contributed by atoms with Crippen molar-refractivity contribution in [3.63, 3.8) is 0 Å². The van der Waals surface area contributed by atoms with Crippen molar-refractivity contribution in [2.75, 3.05) is 25.5 Å². The molecular formula is C18H21F3N4O. The second kappa shape index (κ2) is 7.11. The zero-order valence-electron chi connectivity index (χ0n) is 14.6. The lowest BCUT2D eigenvalue weighted by Gasteiger charge is -2.30. The number of aromatic nitrogens is 2.